The number of hydrogen-bond donors (Lipinski definition) is 2. The number of aromatic carboxylic acids is 2. The first-order valence-corrected chi connectivity index (χ1v) is 15.2. The number of rotatable bonds is 9. The van der Waals surface area contributed by atoms with Crippen LogP contribution in [0.25, 0.3) is 0 Å². The molecule has 0 atom stereocenters. The first kappa shape index (κ1) is 26.2. The van der Waals surface area contributed by atoms with Crippen molar-refractivity contribution in [3.05, 3.63) is 120 Å². The van der Waals surface area contributed by atoms with Gasteiger partial charge in [-0.3, -0.25) is 0 Å². The van der Waals surface area contributed by atoms with Gasteiger partial charge in [-0.1, -0.05) is 0 Å². The molecule has 7 nitrogen and oxygen atoms in total. The van der Waals surface area contributed by atoms with Crippen molar-refractivity contribution in [1.29, 1.82) is 0 Å². The van der Waals surface area contributed by atoms with Gasteiger partial charge in [0, 0.05) is 0 Å². The predicted molar refractivity (Wildman–Crippen MR) is 144 cm³/mol. The molecule has 2 N–H and O–H groups in total. The summed E-state index contributed by atoms with van der Waals surface area (Å²) in [6.07, 6.45) is 0.226. The Labute approximate surface area is 215 Å². The fourth-order valence-electron chi connectivity index (χ4n) is 4.70. The summed E-state index contributed by atoms with van der Waals surface area (Å²) in [6.45, 7) is -2.48. The first-order chi connectivity index (χ1) is 17.6. The van der Waals surface area contributed by atoms with E-state index >= 15 is 0 Å². The Kier molecular flexibility index (Phi) is 7.02. The Morgan fingerprint density at radius 1 is 0.703 bits per heavy atom. The molecule has 0 fully saturated rings. The fourth-order valence-corrected chi connectivity index (χ4v) is 13.3. The Morgan fingerprint density at radius 2 is 1.14 bits per heavy atom. The molecule has 0 spiro atoms. The molecule has 0 aromatic heterocycles. The molecule has 0 amide bonds. The maximum absolute atomic E-state index is 14.2. The van der Waals surface area contributed by atoms with Crippen molar-refractivity contribution >= 4 is 44.8 Å². The van der Waals surface area contributed by atoms with Gasteiger partial charge in [-0.05, 0) is 0 Å². The minimum absolute atomic E-state index is 0.226. The summed E-state index contributed by atoms with van der Waals surface area (Å²) in [5, 5.41) is 21.1. The van der Waals surface area contributed by atoms with Crippen molar-refractivity contribution in [2.75, 3.05) is 6.16 Å². The zero-order valence-corrected chi connectivity index (χ0v) is 21.6. The van der Waals surface area contributed by atoms with Crippen LogP contribution < -0.4 is 15.9 Å². The van der Waals surface area contributed by atoms with Gasteiger partial charge < -0.3 is 0 Å². The monoisotopic (exact) mass is 536 g/mol. The van der Waals surface area contributed by atoms with E-state index in [0.717, 1.165) is 18.2 Å². The van der Waals surface area contributed by atoms with E-state index < -0.39 is 39.3 Å². The fraction of sp³-hybridized carbons (Fsp3) is 0.0714. The van der Waals surface area contributed by atoms with Crippen LogP contribution in [-0.2, 0) is 14.1 Å². The van der Waals surface area contributed by atoms with Crippen LogP contribution in [0.3, 0.4) is 0 Å². The van der Waals surface area contributed by atoms with Crippen molar-refractivity contribution in [3.8, 4) is 0 Å². The van der Waals surface area contributed by atoms with Gasteiger partial charge in [0.15, 0.2) is 0 Å². The summed E-state index contributed by atoms with van der Waals surface area (Å²) in [5.74, 6) is -2.91. The predicted octanol–water partition coefficient (Wildman–Crippen LogP) is 4.25. The van der Waals surface area contributed by atoms with Gasteiger partial charge in [0.1, 0.15) is 0 Å². The first-order valence-electron chi connectivity index (χ1n) is 11.4. The summed E-state index contributed by atoms with van der Waals surface area (Å²) >= 11 is 0. The molecular formula is C28H25O7PS. The number of carboxylic acid groups (broad SMARTS) is 2. The normalized spacial score (nSPS) is 12.8. The molecule has 4 rings (SSSR count). The van der Waals surface area contributed by atoms with Crippen molar-refractivity contribution in [1.82, 2.24) is 0 Å². The van der Waals surface area contributed by atoms with E-state index in [9.17, 15) is 28.2 Å². The molecule has 4 aromatic carbocycles. The summed E-state index contributed by atoms with van der Waals surface area (Å²) < 4.78 is 34.9. The van der Waals surface area contributed by atoms with Crippen molar-refractivity contribution in [3.63, 3.8) is 0 Å². The standard InChI is InChI=1S/C28H25O7PS/c1-2-36(22-12-6-3-7-13-22,23-14-8-4-9-15-23,24-16-10-5-11-17-24)35-37(33,34)26-20-21(27(29)30)18-19-25(26)28(31)32/h3-20H,2H2,1H3,(H,29,30)(H,31,32). The molecule has 0 unspecified atom stereocenters. The Morgan fingerprint density at radius 3 is 1.49 bits per heavy atom. The van der Waals surface area contributed by atoms with E-state index in [0.29, 0.717) is 15.9 Å². The van der Waals surface area contributed by atoms with Gasteiger partial charge in [-0.15, -0.1) is 0 Å². The van der Waals surface area contributed by atoms with Gasteiger partial charge in [0.05, 0.1) is 0 Å². The third kappa shape index (κ3) is 4.33. The average molecular weight is 537 g/mol. The van der Waals surface area contributed by atoms with Crippen LogP contribution in [0, 0.1) is 0 Å². The second kappa shape index (κ2) is 9.90. The van der Waals surface area contributed by atoms with E-state index in [1.807, 2.05) is 61.5 Å². The average Bonchev–Trinajstić information content (AvgIpc) is 2.93. The molecule has 190 valence electrons. The molecule has 0 aliphatic heterocycles. The number of hydrogen-bond acceptors (Lipinski definition) is 5. The molecule has 0 aliphatic rings. The second-order valence-corrected chi connectivity index (χ2v) is 14.9. The molecule has 0 saturated heterocycles. The van der Waals surface area contributed by atoms with Crippen molar-refractivity contribution in [2.24, 2.45) is 0 Å². The summed E-state index contributed by atoms with van der Waals surface area (Å²) in [4.78, 5) is 23.0. The summed E-state index contributed by atoms with van der Waals surface area (Å²) in [5.41, 5.74) is -0.949. The van der Waals surface area contributed by atoms with Gasteiger partial charge in [0.2, 0.25) is 0 Å². The van der Waals surface area contributed by atoms with Gasteiger partial charge in [-0.25, -0.2) is 0 Å². The van der Waals surface area contributed by atoms with Crippen LogP contribution in [0.2, 0.25) is 0 Å². The molecule has 9 heteroatoms. The zero-order chi connectivity index (χ0) is 26.7. The molecule has 0 radical (unpaired) electrons. The molecule has 4 aromatic rings. The summed E-state index contributed by atoms with van der Waals surface area (Å²) in [6, 6.07) is 29.9. The maximum atomic E-state index is 14.2. The summed E-state index contributed by atoms with van der Waals surface area (Å²) in [7, 11) is -4.85. The van der Waals surface area contributed by atoms with E-state index in [4.69, 9.17) is 3.97 Å². The van der Waals surface area contributed by atoms with Crippen molar-refractivity contribution in [2.45, 2.75) is 11.8 Å². The molecule has 0 aliphatic carbocycles. The van der Waals surface area contributed by atoms with Crippen LogP contribution in [0.1, 0.15) is 27.6 Å². The molecule has 0 saturated carbocycles. The van der Waals surface area contributed by atoms with Gasteiger partial charge in [-0.2, -0.15) is 0 Å². The van der Waals surface area contributed by atoms with E-state index in [1.165, 1.54) is 0 Å². The van der Waals surface area contributed by atoms with Crippen LogP contribution >= 0.6 is 6.83 Å². The number of carbonyl (C=O) groups is 2. The van der Waals surface area contributed by atoms with E-state index in [-0.39, 0.29) is 11.7 Å². The van der Waals surface area contributed by atoms with Crippen LogP contribution in [0.5, 0.6) is 0 Å². The Balaban J connectivity index is 2.15. The Hall–Kier alpha value is -3.84. The molecule has 37 heavy (non-hydrogen) atoms. The third-order valence-electron chi connectivity index (χ3n) is 6.50. The van der Waals surface area contributed by atoms with Gasteiger partial charge >= 0.3 is 215 Å². The van der Waals surface area contributed by atoms with E-state index in [2.05, 4.69) is 0 Å². The quantitative estimate of drug-likeness (QED) is 0.307. The molecular weight excluding hydrogens is 511 g/mol. The van der Waals surface area contributed by atoms with Gasteiger partial charge in [0.25, 0.3) is 0 Å². The van der Waals surface area contributed by atoms with Crippen LogP contribution in [0.15, 0.2) is 114 Å². The third-order valence-corrected chi connectivity index (χ3v) is 14.9. The number of benzene rings is 4. The molecule has 0 heterocycles. The second-order valence-electron chi connectivity index (χ2n) is 8.39. The number of carboxylic acids is 2. The Bertz CT molecular complexity index is 1460. The minimum atomic E-state index is -4.85. The van der Waals surface area contributed by atoms with Crippen LogP contribution in [0.4, 0.5) is 0 Å². The zero-order valence-electron chi connectivity index (χ0n) is 19.9. The molecule has 0 bridgehead atoms. The topological polar surface area (TPSA) is 118 Å². The van der Waals surface area contributed by atoms with Crippen molar-refractivity contribution < 1.29 is 32.2 Å². The SMILES string of the molecule is CCP(OS(=O)(=O)c1cc(C(=O)O)ccc1C(=O)O)(c1ccccc1)(c1ccccc1)c1ccccc1. The van der Waals surface area contributed by atoms with Crippen LogP contribution in [-0.4, -0.2) is 36.7 Å². The van der Waals surface area contributed by atoms with E-state index in [1.54, 1.807) is 36.4 Å².